The zero-order valence-electron chi connectivity index (χ0n) is 13.4. The van der Waals surface area contributed by atoms with Crippen molar-refractivity contribution >= 4 is 52.8 Å². The number of fused-ring (bicyclic) bond motifs is 3. The molecule has 0 radical (unpaired) electrons. The van der Waals surface area contributed by atoms with Crippen LogP contribution in [0.1, 0.15) is 0 Å². The summed E-state index contributed by atoms with van der Waals surface area (Å²) in [4.78, 5) is 1.00. The van der Waals surface area contributed by atoms with Crippen LogP contribution in [0.5, 0.6) is 0 Å². The molecule has 0 fully saturated rings. The van der Waals surface area contributed by atoms with E-state index in [1.807, 2.05) is 0 Å². The highest BCUT2D eigenvalue weighted by atomic mass is 32.1. The fourth-order valence-corrected chi connectivity index (χ4v) is 7.17. The maximum absolute atomic E-state index is 14.1. The molecule has 0 bridgehead atoms. The van der Waals surface area contributed by atoms with E-state index in [9.17, 15) is 17.6 Å². The number of hydrogen-bond acceptors (Lipinski definition) is 3. The first-order chi connectivity index (χ1) is 13.0. The Labute approximate surface area is 162 Å². The van der Waals surface area contributed by atoms with Crippen LogP contribution in [-0.4, -0.2) is 0 Å². The van der Waals surface area contributed by atoms with E-state index >= 15 is 0 Å². The monoisotopic (exact) mass is 420 g/mol. The third kappa shape index (κ3) is 2.61. The summed E-state index contributed by atoms with van der Waals surface area (Å²) in [5.74, 6) is -2.44. The van der Waals surface area contributed by atoms with Gasteiger partial charge in [-0.2, -0.15) is 0 Å². The molecule has 7 heteroatoms. The van der Waals surface area contributed by atoms with Crippen LogP contribution in [0.25, 0.3) is 39.7 Å². The molecule has 0 aliphatic heterocycles. The van der Waals surface area contributed by atoms with Gasteiger partial charge in [-0.1, -0.05) is 12.1 Å². The molecule has 0 nitrogen and oxygen atoms in total. The van der Waals surface area contributed by atoms with Crippen molar-refractivity contribution in [2.24, 2.45) is 0 Å². The van der Waals surface area contributed by atoms with Crippen LogP contribution < -0.4 is 0 Å². The fourth-order valence-electron chi connectivity index (χ4n) is 3.05. The summed E-state index contributed by atoms with van der Waals surface area (Å²) >= 11 is 4.02. The van der Waals surface area contributed by atoms with Crippen molar-refractivity contribution in [3.05, 3.63) is 71.8 Å². The molecule has 2 aromatic carbocycles. The predicted octanol–water partition coefficient (Wildman–Crippen LogP) is 8.07. The van der Waals surface area contributed by atoms with Crippen molar-refractivity contribution in [1.29, 1.82) is 0 Å². The highest BCUT2D eigenvalue weighted by Crippen LogP contribution is 2.49. The minimum Gasteiger partial charge on any atom is -0.206 e. The predicted molar refractivity (Wildman–Crippen MR) is 106 cm³/mol. The van der Waals surface area contributed by atoms with Crippen LogP contribution in [0, 0.1) is 23.3 Å². The Kier molecular flexibility index (Phi) is 3.86. The Morgan fingerprint density at radius 1 is 0.519 bits per heavy atom. The average molecular weight is 420 g/mol. The molecule has 0 aliphatic carbocycles. The summed E-state index contributed by atoms with van der Waals surface area (Å²) in [5.41, 5.74) is -0.0908. The van der Waals surface area contributed by atoms with E-state index in [2.05, 4.69) is 0 Å². The highest BCUT2D eigenvalue weighted by molar-refractivity contribution is 7.40. The van der Waals surface area contributed by atoms with Crippen LogP contribution in [0.3, 0.4) is 0 Å². The number of thiophene rings is 3. The normalized spacial score (nSPS) is 11.7. The van der Waals surface area contributed by atoms with E-state index in [1.54, 1.807) is 12.1 Å². The number of halogens is 4. The SMILES string of the molecule is Fc1cccc(F)c1-c1cc2sc3cc(-c4c(F)cccc4F)sc3c2s1. The Morgan fingerprint density at radius 3 is 1.26 bits per heavy atom. The minimum atomic E-state index is -0.611. The van der Waals surface area contributed by atoms with Gasteiger partial charge in [0.15, 0.2) is 0 Å². The molecule has 0 spiro atoms. The van der Waals surface area contributed by atoms with Crippen molar-refractivity contribution in [2.45, 2.75) is 0 Å². The van der Waals surface area contributed by atoms with E-state index in [1.165, 1.54) is 70.4 Å². The lowest BCUT2D eigenvalue weighted by Gasteiger charge is -2.00. The van der Waals surface area contributed by atoms with Gasteiger partial charge in [0.25, 0.3) is 0 Å². The lowest BCUT2D eigenvalue weighted by Crippen LogP contribution is -1.86. The zero-order chi connectivity index (χ0) is 18.7. The van der Waals surface area contributed by atoms with Crippen molar-refractivity contribution in [3.8, 4) is 20.9 Å². The quantitative estimate of drug-likeness (QED) is 0.253. The first-order valence-electron chi connectivity index (χ1n) is 7.87. The molecule has 0 saturated carbocycles. The fraction of sp³-hybridized carbons (Fsp3) is 0. The second-order valence-corrected chi connectivity index (χ2v) is 9.09. The second-order valence-electron chi connectivity index (χ2n) is 5.90. The van der Waals surface area contributed by atoms with Crippen LogP contribution in [0.15, 0.2) is 48.5 Å². The highest BCUT2D eigenvalue weighted by Gasteiger charge is 2.20. The van der Waals surface area contributed by atoms with Gasteiger partial charge < -0.3 is 0 Å². The van der Waals surface area contributed by atoms with Crippen molar-refractivity contribution in [1.82, 2.24) is 0 Å². The molecule has 134 valence electrons. The van der Waals surface area contributed by atoms with Gasteiger partial charge in [-0.05, 0) is 36.4 Å². The van der Waals surface area contributed by atoms with E-state index < -0.39 is 23.3 Å². The molecule has 0 atom stereocenters. The molecule has 5 aromatic rings. The first-order valence-corrected chi connectivity index (χ1v) is 10.3. The number of benzene rings is 2. The molecule has 27 heavy (non-hydrogen) atoms. The van der Waals surface area contributed by atoms with E-state index in [0.29, 0.717) is 9.75 Å². The third-order valence-corrected chi connectivity index (χ3v) is 8.05. The van der Waals surface area contributed by atoms with E-state index in [-0.39, 0.29) is 11.1 Å². The van der Waals surface area contributed by atoms with Crippen LogP contribution in [-0.2, 0) is 0 Å². The summed E-state index contributed by atoms with van der Waals surface area (Å²) in [6.07, 6.45) is 0. The molecule has 0 saturated heterocycles. The van der Waals surface area contributed by atoms with Crippen LogP contribution in [0.4, 0.5) is 17.6 Å². The molecular formula is C20H8F4S3. The van der Waals surface area contributed by atoms with Crippen LogP contribution >= 0.6 is 34.0 Å². The summed E-state index contributed by atoms with van der Waals surface area (Å²) < 4.78 is 59.9. The van der Waals surface area contributed by atoms with E-state index in [0.717, 1.165) is 18.8 Å². The van der Waals surface area contributed by atoms with Gasteiger partial charge in [-0.3, -0.25) is 0 Å². The molecule has 5 rings (SSSR count). The molecular weight excluding hydrogens is 412 g/mol. The Morgan fingerprint density at radius 2 is 0.889 bits per heavy atom. The van der Waals surface area contributed by atoms with Gasteiger partial charge in [0.2, 0.25) is 0 Å². The molecule has 0 unspecified atom stereocenters. The van der Waals surface area contributed by atoms with Gasteiger partial charge in [-0.25, -0.2) is 17.6 Å². The zero-order valence-corrected chi connectivity index (χ0v) is 15.8. The Hall–Kier alpha value is -2.22. The van der Waals surface area contributed by atoms with Gasteiger partial charge >= 0.3 is 0 Å². The standard InChI is InChI=1S/C20H8F4S3/c21-9-3-1-4-10(22)17(9)13-7-15-19(26-13)20-16(25-15)8-14(27-20)18-11(23)5-2-6-12(18)24/h1-8H. The summed E-state index contributed by atoms with van der Waals surface area (Å²) in [5, 5.41) is 0. The van der Waals surface area contributed by atoms with E-state index in [4.69, 9.17) is 0 Å². The molecule has 0 N–H and O–H groups in total. The molecule has 0 aliphatic rings. The smallest absolute Gasteiger partial charge is 0.134 e. The molecule has 3 heterocycles. The minimum absolute atomic E-state index is 0.0454. The third-order valence-electron chi connectivity index (χ3n) is 4.24. The lowest BCUT2D eigenvalue weighted by atomic mass is 10.1. The van der Waals surface area contributed by atoms with Crippen molar-refractivity contribution in [2.75, 3.05) is 0 Å². The van der Waals surface area contributed by atoms with Gasteiger partial charge in [0.05, 0.1) is 20.5 Å². The largest absolute Gasteiger partial charge is 0.206 e. The number of hydrogen-bond donors (Lipinski definition) is 0. The van der Waals surface area contributed by atoms with Gasteiger partial charge in [0, 0.05) is 19.2 Å². The lowest BCUT2D eigenvalue weighted by molar-refractivity contribution is 0.589. The summed E-state index contributed by atoms with van der Waals surface area (Å²) in [7, 11) is 0. The number of rotatable bonds is 2. The van der Waals surface area contributed by atoms with Gasteiger partial charge in [0.1, 0.15) is 23.3 Å². The summed E-state index contributed by atoms with van der Waals surface area (Å²) in [6, 6.07) is 11.1. The van der Waals surface area contributed by atoms with Crippen LogP contribution in [0.2, 0.25) is 0 Å². The summed E-state index contributed by atoms with van der Waals surface area (Å²) in [6.45, 7) is 0. The Balaban J connectivity index is 1.70. The Bertz CT molecular complexity index is 1190. The van der Waals surface area contributed by atoms with Crippen molar-refractivity contribution in [3.63, 3.8) is 0 Å². The van der Waals surface area contributed by atoms with Gasteiger partial charge in [-0.15, -0.1) is 34.0 Å². The average Bonchev–Trinajstić information content (AvgIpc) is 3.25. The maximum atomic E-state index is 14.1. The second kappa shape index (κ2) is 6.15. The maximum Gasteiger partial charge on any atom is 0.134 e. The molecule has 0 amide bonds. The van der Waals surface area contributed by atoms with Crippen molar-refractivity contribution < 1.29 is 17.6 Å². The first kappa shape index (κ1) is 16.9. The topological polar surface area (TPSA) is 0 Å². The molecule has 3 aromatic heterocycles.